The van der Waals surface area contributed by atoms with Crippen LogP contribution in [0.2, 0.25) is 10.0 Å². The molecular formula is C28H28Cl2N4O3. The van der Waals surface area contributed by atoms with Crippen LogP contribution in [-0.4, -0.2) is 33.8 Å². The molecule has 7 nitrogen and oxygen atoms in total. The molecule has 2 aliphatic rings. The molecule has 2 aromatic carbocycles. The third-order valence-corrected chi connectivity index (χ3v) is 8.52. The van der Waals surface area contributed by atoms with E-state index < -0.39 is 0 Å². The van der Waals surface area contributed by atoms with E-state index in [4.69, 9.17) is 37.4 Å². The highest BCUT2D eigenvalue weighted by Gasteiger charge is 2.39. The molecule has 2 fully saturated rings. The molecule has 0 spiro atoms. The first-order chi connectivity index (χ1) is 17.9. The molecule has 1 aliphatic heterocycles. The summed E-state index contributed by atoms with van der Waals surface area (Å²) in [4.78, 5) is 20.2. The zero-order valence-corrected chi connectivity index (χ0v) is 22.5. The molecular weight excluding hydrogens is 511 g/mol. The van der Waals surface area contributed by atoms with E-state index in [0.717, 1.165) is 64.4 Å². The van der Waals surface area contributed by atoms with E-state index in [0.29, 0.717) is 22.9 Å². The van der Waals surface area contributed by atoms with E-state index in [1.165, 1.54) is 0 Å². The number of fused-ring (bicyclic) bond motifs is 1. The summed E-state index contributed by atoms with van der Waals surface area (Å²) in [6, 6.07) is 11.7. The van der Waals surface area contributed by atoms with Gasteiger partial charge in [0.25, 0.3) is 0 Å². The number of hydrogen-bond acceptors (Lipinski definition) is 5. The van der Waals surface area contributed by atoms with Crippen molar-refractivity contribution in [3.8, 4) is 11.1 Å². The van der Waals surface area contributed by atoms with Gasteiger partial charge in [0.05, 0.1) is 38.9 Å². The fourth-order valence-electron chi connectivity index (χ4n) is 6.04. The largest absolute Gasteiger partial charge is 0.381 e. The van der Waals surface area contributed by atoms with E-state index in [-0.39, 0.29) is 24.1 Å². The van der Waals surface area contributed by atoms with Crippen molar-refractivity contribution in [1.82, 2.24) is 14.7 Å². The second kappa shape index (κ2) is 9.46. The molecule has 2 aromatic heterocycles. The maximum absolute atomic E-state index is 13.2. The number of amides is 1. The van der Waals surface area contributed by atoms with Crippen LogP contribution in [-0.2, 0) is 9.53 Å². The number of aryl methyl sites for hydroxylation is 2. The van der Waals surface area contributed by atoms with Crippen LogP contribution in [0.5, 0.6) is 0 Å². The van der Waals surface area contributed by atoms with Crippen LogP contribution in [0.3, 0.4) is 0 Å². The van der Waals surface area contributed by atoms with Gasteiger partial charge in [-0.3, -0.25) is 4.79 Å². The summed E-state index contributed by atoms with van der Waals surface area (Å²) in [6.07, 6.45) is 4.25. The van der Waals surface area contributed by atoms with Crippen molar-refractivity contribution in [1.29, 1.82) is 0 Å². The van der Waals surface area contributed by atoms with Gasteiger partial charge in [-0.05, 0) is 75.4 Å². The Bertz CT molecular complexity index is 1490. The lowest BCUT2D eigenvalue weighted by Crippen LogP contribution is -2.29. The summed E-state index contributed by atoms with van der Waals surface area (Å²) < 4.78 is 13.5. The molecule has 1 saturated heterocycles. The maximum atomic E-state index is 13.2. The Hall–Kier alpha value is -2.87. The number of hydrogen-bond donors (Lipinski definition) is 0. The van der Waals surface area contributed by atoms with Crippen LogP contribution < -0.4 is 4.90 Å². The highest BCUT2D eigenvalue weighted by Crippen LogP contribution is 2.43. The van der Waals surface area contributed by atoms with Crippen LogP contribution in [0.4, 0.5) is 5.69 Å². The van der Waals surface area contributed by atoms with Crippen molar-refractivity contribution >= 4 is 45.8 Å². The highest BCUT2D eigenvalue weighted by molar-refractivity contribution is 6.42. The van der Waals surface area contributed by atoms with E-state index in [1.54, 1.807) is 19.2 Å². The monoisotopic (exact) mass is 538 g/mol. The second-order valence-corrected chi connectivity index (χ2v) is 10.8. The van der Waals surface area contributed by atoms with Crippen molar-refractivity contribution < 1.29 is 14.1 Å². The number of anilines is 1. The zero-order chi connectivity index (χ0) is 25.8. The van der Waals surface area contributed by atoms with Gasteiger partial charge in [-0.2, -0.15) is 0 Å². The normalized spacial score (nSPS) is 22.0. The topological polar surface area (TPSA) is 73.4 Å². The Labute approximate surface area is 225 Å². The molecule has 9 heteroatoms. The Kier molecular flexibility index (Phi) is 6.25. The molecule has 1 aliphatic carbocycles. The minimum Gasteiger partial charge on any atom is -0.381 e. The van der Waals surface area contributed by atoms with Crippen LogP contribution in [0, 0.1) is 13.8 Å². The van der Waals surface area contributed by atoms with Gasteiger partial charge in [-0.1, -0.05) is 34.4 Å². The first-order valence-electron chi connectivity index (χ1n) is 12.6. The van der Waals surface area contributed by atoms with Gasteiger partial charge in [0.1, 0.15) is 11.6 Å². The molecule has 3 atom stereocenters. The summed E-state index contributed by atoms with van der Waals surface area (Å²) >= 11 is 12.5. The van der Waals surface area contributed by atoms with E-state index in [2.05, 4.69) is 27.9 Å². The number of ether oxygens (including phenoxy) is 1. The number of nitrogens with zero attached hydrogens (tertiary/aromatic N) is 4. The summed E-state index contributed by atoms with van der Waals surface area (Å²) in [5.41, 5.74) is 5.54. The SMILES string of the molecule is CO[C@@H]1CC[C@@H](n2c(C3CCC(=O)N3c3ccc(Cl)c(Cl)c3)nc3cc(-c4c(C)noc4C)ccc32)C1. The van der Waals surface area contributed by atoms with E-state index >= 15 is 0 Å². The minimum absolute atomic E-state index is 0.0552. The predicted octanol–water partition coefficient (Wildman–Crippen LogP) is 7.22. The average Bonchev–Trinajstić information content (AvgIpc) is 3.65. The quantitative estimate of drug-likeness (QED) is 0.268. The van der Waals surface area contributed by atoms with Crippen LogP contribution in [0.1, 0.15) is 61.5 Å². The number of rotatable bonds is 5. The van der Waals surface area contributed by atoms with Gasteiger partial charge in [0.15, 0.2) is 0 Å². The molecule has 192 valence electrons. The lowest BCUT2D eigenvalue weighted by molar-refractivity contribution is -0.117. The van der Waals surface area contributed by atoms with Crippen molar-refractivity contribution in [3.05, 3.63) is 63.7 Å². The molecule has 0 bridgehead atoms. The van der Waals surface area contributed by atoms with Crippen LogP contribution in [0.15, 0.2) is 40.9 Å². The summed E-state index contributed by atoms with van der Waals surface area (Å²) in [6.45, 7) is 3.87. The summed E-state index contributed by atoms with van der Waals surface area (Å²) in [5.74, 6) is 1.73. The zero-order valence-electron chi connectivity index (χ0n) is 21.0. The van der Waals surface area contributed by atoms with Gasteiger partial charge in [-0.15, -0.1) is 0 Å². The van der Waals surface area contributed by atoms with E-state index in [9.17, 15) is 4.79 Å². The van der Waals surface area contributed by atoms with Crippen molar-refractivity contribution in [2.24, 2.45) is 0 Å². The van der Waals surface area contributed by atoms with Crippen molar-refractivity contribution in [3.63, 3.8) is 0 Å². The Balaban J connectivity index is 1.50. The van der Waals surface area contributed by atoms with Crippen LogP contribution in [0.25, 0.3) is 22.2 Å². The van der Waals surface area contributed by atoms with Gasteiger partial charge in [0.2, 0.25) is 5.91 Å². The second-order valence-electron chi connectivity index (χ2n) is 9.98. The third kappa shape index (κ3) is 4.13. The number of carbonyl (C=O) groups excluding carboxylic acids is 1. The highest BCUT2D eigenvalue weighted by atomic mass is 35.5. The number of halogens is 2. The smallest absolute Gasteiger partial charge is 0.227 e. The molecule has 0 radical (unpaired) electrons. The lowest BCUT2D eigenvalue weighted by atomic mass is 10.0. The first kappa shape index (κ1) is 24.5. The molecule has 6 rings (SSSR count). The van der Waals surface area contributed by atoms with Crippen molar-refractivity contribution in [2.45, 2.75) is 64.1 Å². The molecule has 4 aromatic rings. The lowest BCUT2D eigenvalue weighted by Gasteiger charge is -2.27. The van der Waals surface area contributed by atoms with Crippen molar-refractivity contribution in [2.75, 3.05) is 12.0 Å². The maximum Gasteiger partial charge on any atom is 0.227 e. The van der Waals surface area contributed by atoms with Gasteiger partial charge in [-0.25, -0.2) is 4.98 Å². The molecule has 1 amide bonds. The van der Waals surface area contributed by atoms with Crippen LogP contribution >= 0.6 is 23.2 Å². The predicted molar refractivity (Wildman–Crippen MR) is 144 cm³/mol. The molecule has 0 N–H and O–H groups in total. The van der Waals surface area contributed by atoms with E-state index in [1.807, 2.05) is 24.8 Å². The number of methoxy groups -OCH3 is 1. The average molecular weight is 539 g/mol. The number of carbonyl (C=O) groups is 1. The molecule has 1 saturated carbocycles. The number of aromatic nitrogens is 3. The Morgan fingerprint density at radius 1 is 1.05 bits per heavy atom. The Morgan fingerprint density at radius 3 is 2.59 bits per heavy atom. The van der Waals surface area contributed by atoms with Gasteiger partial charge in [0, 0.05) is 30.8 Å². The molecule has 37 heavy (non-hydrogen) atoms. The number of benzene rings is 2. The minimum atomic E-state index is -0.207. The summed E-state index contributed by atoms with van der Waals surface area (Å²) in [5, 5.41) is 5.01. The summed E-state index contributed by atoms with van der Waals surface area (Å²) in [7, 11) is 1.78. The standard InChI is InChI=1S/C28H28Cl2N4O3/c1-15-27(16(2)37-32-15)17-4-9-24-23(12-17)31-28(34(24)18-5-7-20(13-18)36-3)25-10-11-26(35)33(25)19-6-8-21(29)22(30)14-19/h4,6,8-9,12,14,18,20,25H,5,7,10-11,13H2,1-3H3/t18-,20-,25?/m1/s1. The molecule has 1 unspecified atom stereocenters. The molecule has 3 heterocycles. The van der Waals surface area contributed by atoms with Gasteiger partial charge >= 0.3 is 0 Å². The fourth-order valence-corrected chi connectivity index (χ4v) is 6.33. The number of imidazole rings is 1. The van der Waals surface area contributed by atoms with Gasteiger partial charge < -0.3 is 18.7 Å². The third-order valence-electron chi connectivity index (χ3n) is 7.79. The Morgan fingerprint density at radius 2 is 1.89 bits per heavy atom. The fraction of sp³-hybridized carbons (Fsp3) is 0.393. The first-order valence-corrected chi connectivity index (χ1v) is 13.4.